The van der Waals surface area contributed by atoms with Gasteiger partial charge in [-0.05, 0) is 12.1 Å². The third kappa shape index (κ3) is 3.70. The molecule has 168 valence electrons. The number of aliphatic carboxylic acids is 1. The zero-order valence-electron chi connectivity index (χ0n) is 18.0. The van der Waals surface area contributed by atoms with E-state index in [0.717, 1.165) is 11.1 Å². The largest absolute Gasteiger partial charge is 0.481 e. The predicted octanol–water partition coefficient (Wildman–Crippen LogP) is 4.89. The second-order valence-corrected chi connectivity index (χ2v) is 8.18. The number of anilines is 1. The van der Waals surface area contributed by atoms with Crippen LogP contribution in [0.15, 0.2) is 65.1 Å². The maximum Gasteiger partial charge on any atom is 0.307 e. The van der Waals surface area contributed by atoms with Gasteiger partial charge in [0.05, 0.1) is 18.7 Å². The van der Waals surface area contributed by atoms with Crippen LogP contribution < -0.4 is 15.4 Å². The van der Waals surface area contributed by atoms with Crippen molar-refractivity contribution in [3.63, 3.8) is 0 Å². The molecule has 3 N–H and O–H groups in total. The van der Waals surface area contributed by atoms with Gasteiger partial charge in [0.2, 0.25) is 0 Å². The van der Waals surface area contributed by atoms with Crippen LogP contribution in [0.1, 0.15) is 23.0 Å². The number of halogens is 1. The summed E-state index contributed by atoms with van der Waals surface area (Å²) in [7, 11) is 1.93. The molecule has 2 heterocycles. The van der Waals surface area contributed by atoms with E-state index >= 15 is 4.39 Å². The van der Waals surface area contributed by atoms with Crippen LogP contribution in [0.5, 0.6) is 5.75 Å². The summed E-state index contributed by atoms with van der Waals surface area (Å²) in [4.78, 5) is 13.3. The molecule has 1 aromatic heterocycles. The average molecular weight is 446 g/mol. The molecular weight excluding hydrogens is 423 g/mol. The average Bonchev–Trinajstić information content (AvgIpc) is 3.24. The lowest BCUT2D eigenvalue weighted by Crippen LogP contribution is -2.32. The monoisotopic (exact) mass is 446 g/mol. The highest BCUT2D eigenvalue weighted by molar-refractivity contribution is 5.93. The van der Waals surface area contributed by atoms with Gasteiger partial charge in [0.25, 0.3) is 0 Å². The third-order valence-corrected chi connectivity index (χ3v) is 6.00. The van der Waals surface area contributed by atoms with Gasteiger partial charge in [-0.1, -0.05) is 48.5 Å². The first-order chi connectivity index (χ1) is 16.0. The molecule has 6 nitrogen and oxygen atoms in total. The SMILES string of the molecule is CN1C[C@H](c2cc3cccc(-c4cccc(CN)c4F)c3o2)Oc2c(CC(=O)O)cccc21. The number of rotatable bonds is 5. The molecule has 7 heteroatoms. The van der Waals surface area contributed by atoms with Crippen LogP contribution in [0.2, 0.25) is 0 Å². The minimum Gasteiger partial charge on any atom is -0.481 e. The molecule has 1 atom stereocenters. The van der Waals surface area contributed by atoms with Crippen LogP contribution in [-0.2, 0) is 17.8 Å². The molecule has 0 spiro atoms. The smallest absolute Gasteiger partial charge is 0.307 e. The van der Waals surface area contributed by atoms with Crippen molar-refractivity contribution < 1.29 is 23.4 Å². The molecule has 0 fully saturated rings. The Morgan fingerprint density at radius 1 is 1.12 bits per heavy atom. The molecule has 1 aliphatic rings. The van der Waals surface area contributed by atoms with Crippen LogP contribution in [-0.4, -0.2) is 24.7 Å². The van der Waals surface area contributed by atoms with Crippen LogP contribution >= 0.6 is 0 Å². The first kappa shape index (κ1) is 21.0. The molecule has 33 heavy (non-hydrogen) atoms. The number of carboxylic acid groups (broad SMARTS) is 1. The molecule has 0 saturated heterocycles. The highest BCUT2D eigenvalue weighted by atomic mass is 19.1. The number of furan rings is 1. The molecule has 0 unspecified atom stereocenters. The first-order valence-electron chi connectivity index (χ1n) is 10.7. The summed E-state index contributed by atoms with van der Waals surface area (Å²) in [5.41, 5.74) is 9.21. The van der Waals surface area contributed by atoms with E-state index in [4.69, 9.17) is 14.9 Å². The quantitative estimate of drug-likeness (QED) is 0.454. The minimum absolute atomic E-state index is 0.111. The zero-order valence-corrected chi connectivity index (χ0v) is 18.0. The topological polar surface area (TPSA) is 88.9 Å². The molecule has 0 amide bonds. The summed E-state index contributed by atoms with van der Waals surface area (Å²) in [5.74, 6) is -0.144. The van der Waals surface area contributed by atoms with E-state index in [2.05, 4.69) is 0 Å². The zero-order chi connectivity index (χ0) is 23.1. The Bertz CT molecular complexity index is 1360. The molecule has 0 bridgehead atoms. The van der Waals surface area contributed by atoms with Gasteiger partial charge in [-0.15, -0.1) is 0 Å². The number of fused-ring (bicyclic) bond motifs is 2. The van der Waals surface area contributed by atoms with Gasteiger partial charge in [-0.2, -0.15) is 0 Å². The van der Waals surface area contributed by atoms with Crippen molar-refractivity contribution in [2.24, 2.45) is 5.73 Å². The number of carbonyl (C=O) groups is 1. The standard InChI is InChI=1S/C26H23FN2O4/c1-29-14-22(33-26-16(12-23(30)31)6-4-10-20(26)29)21-11-15-5-2-9-19(25(15)32-21)18-8-3-7-17(13-28)24(18)27/h2-11,22H,12-14,28H2,1H3,(H,30,31)/t22-/m1/s1. The van der Waals surface area contributed by atoms with E-state index in [1.165, 1.54) is 0 Å². The van der Waals surface area contributed by atoms with E-state index in [1.807, 2.05) is 48.3 Å². The molecule has 3 aromatic carbocycles. The summed E-state index contributed by atoms with van der Waals surface area (Å²) in [6.45, 7) is 0.634. The highest BCUT2D eigenvalue weighted by Gasteiger charge is 2.30. The van der Waals surface area contributed by atoms with Crippen molar-refractivity contribution in [1.82, 2.24) is 0 Å². The second-order valence-electron chi connectivity index (χ2n) is 8.18. The molecule has 4 aromatic rings. The van der Waals surface area contributed by atoms with Crippen molar-refractivity contribution in [2.45, 2.75) is 19.1 Å². The summed E-state index contributed by atoms with van der Waals surface area (Å²) < 4.78 is 27.5. The molecule has 0 aliphatic carbocycles. The summed E-state index contributed by atoms with van der Waals surface area (Å²) in [6.07, 6.45) is -0.581. The minimum atomic E-state index is -0.924. The lowest BCUT2D eigenvalue weighted by Gasteiger charge is -2.34. The summed E-state index contributed by atoms with van der Waals surface area (Å²) >= 11 is 0. The molecular formula is C26H23FN2O4. The normalized spacial score (nSPS) is 15.4. The number of nitrogens with zero attached hydrogens (tertiary/aromatic N) is 1. The van der Waals surface area contributed by atoms with Crippen LogP contribution in [0, 0.1) is 5.82 Å². The maximum absolute atomic E-state index is 15.0. The Morgan fingerprint density at radius 2 is 1.85 bits per heavy atom. The van der Waals surface area contributed by atoms with Gasteiger partial charge >= 0.3 is 5.97 Å². The van der Waals surface area contributed by atoms with E-state index in [1.54, 1.807) is 24.3 Å². The van der Waals surface area contributed by atoms with Gasteiger partial charge in [0.1, 0.15) is 22.9 Å². The van der Waals surface area contributed by atoms with E-state index in [-0.39, 0.29) is 18.8 Å². The van der Waals surface area contributed by atoms with Crippen molar-refractivity contribution in [2.75, 3.05) is 18.5 Å². The van der Waals surface area contributed by atoms with Crippen molar-refractivity contribution in [3.8, 4) is 16.9 Å². The number of hydrogen-bond acceptors (Lipinski definition) is 5. The number of likely N-dealkylation sites (N-methyl/N-ethyl adjacent to an activating group) is 1. The molecule has 0 radical (unpaired) electrons. The number of benzene rings is 3. The number of nitrogens with two attached hydrogens (primary N) is 1. The molecule has 5 rings (SSSR count). The predicted molar refractivity (Wildman–Crippen MR) is 124 cm³/mol. The lowest BCUT2D eigenvalue weighted by atomic mass is 10.0. The number of para-hydroxylation sites is 2. The summed E-state index contributed by atoms with van der Waals surface area (Å²) in [5, 5.41) is 10.1. The fraction of sp³-hybridized carbons (Fsp3) is 0.192. The maximum atomic E-state index is 15.0. The van der Waals surface area contributed by atoms with Gasteiger partial charge < -0.3 is 24.9 Å². The second kappa shape index (κ2) is 8.26. The Hall–Kier alpha value is -3.84. The number of ether oxygens (including phenoxy) is 1. The van der Waals surface area contributed by atoms with Crippen LogP contribution in [0.3, 0.4) is 0 Å². The van der Waals surface area contributed by atoms with E-state index in [9.17, 15) is 9.90 Å². The van der Waals surface area contributed by atoms with Crippen molar-refractivity contribution >= 4 is 22.6 Å². The Kier molecular flexibility index (Phi) is 5.26. The summed E-state index contributed by atoms with van der Waals surface area (Å²) in [6, 6.07) is 18.1. The first-order valence-corrected chi connectivity index (χ1v) is 10.7. The third-order valence-electron chi connectivity index (χ3n) is 6.00. The van der Waals surface area contributed by atoms with Crippen LogP contribution in [0.25, 0.3) is 22.1 Å². The Labute approximate surface area is 190 Å². The molecule has 0 saturated carbocycles. The van der Waals surface area contributed by atoms with Gasteiger partial charge in [0.15, 0.2) is 6.10 Å². The molecule has 1 aliphatic heterocycles. The Balaban J connectivity index is 1.57. The Morgan fingerprint density at radius 3 is 2.64 bits per heavy atom. The lowest BCUT2D eigenvalue weighted by molar-refractivity contribution is -0.136. The van der Waals surface area contributed by atoms with Gasteiger partial charge in [-0.25, -0.2) is 4.39 Å². The van der Waals surface area contributed by atoms with Crippen LogP contribution in [0.4, 0.5) is 10.1 Å². The van der Waals surface area contributed by atoms with E-state index in [0.29, 0.717) is 45.9 Å². The van der Waals surface area contributed by atoms with Crippen molar-refractivity contribution in [1.29, 1.82) is 0 Å². The highest BCUT2D eigenvalue weighted by Crippen LogP contribution is 2.42. The van der Waals surface area contributed by atoms with Gasteiger partial charge in [-0.3, -0.25) is 4.79 Å². The number of carboxylic acids is 1. The fourth-order valence-corrected chi connectivity index (χ4v) is 4.38. The van der Waals surface area contributed by atoms with E-state index < -0.39 is 12.1 Å². The number of hydrogen-bond donors (Lipinski definition) is 2. The fourth-order valence-electron chi connectivity index (χ4n) is 4.38. The van der Waals surface area contributed by atoms with Gasteiger partial charge in [0, 0.05) is 41.2 Å². The van der Waals surface area contributed by atoms with Crippen molar-refractivity contribution in [3.05, 3.63) is 83.4 Å².